The number of fused-ring (bicyclic) bond motifs is 1. The second kappa shape index (κ2) is 13.2. The Labute approximate surface area is 251 Å². The van der Waals surface area contributed by atoms with Crippen molar-refractivity contribution < 1.29 is 22.7 Å². The van der Waals surface area contributed by atoms with Gasteiger partial charge in [-0.05, 0) is 82.9 Å². The quantitative estimate of drug-likeness (QED) is 0.148. The van der Waals surface area contributed by atoms with E-state index in [1.807, 2.05) is 55.5 Å². The number of aryl methyl sites for hydroxylation is 1. The van der Waals surface area contributed by atoms with Gasteiger partial charge >= 0.3 is 0 Å². The average Bonchev–Trinajstić information content (AvgIpc) is 3.03. The number of nitrogens with zero attached hydrogens (tertiary/aromatic N) is 2. The van der Waals surface area contributed by atoms with Gasteiger partial charge in [-0.15, -0.1) is 0 Å². The van der Waals surface area contributed by atoms with E-state index in [0.29, 0.717) is 18.1 Å². The molecule has 0 aromatic heterocycles. The van der Waals surface area contributed by atoms with Crippen molar-refractivity contribution in [2.45, 2.75) is 18.4 Å². The van der Waals surface area contributed by atoms with Gasteiger partial charge in [0.25, 0.3) is 15.9 Å². The second-order valence-corrected chi connectivity index (χ2v) is 11.7. The first-order valence-electron chi connectivity index (χ1n) is 13.6. The number of hydrogen-bond acceptors (Lipinski definition) is 6. The number of anilines is 1. The molecule has 0 radical (unpaired) electrons. The third kappa shape index (κ3) is 7.02. The molecule has 0 aliphatic rings. The first-order valence-corrected chi connectivity index (χ1v) is 15.0. The van der Waals surface area contributed by atoms with Crippen LogP contribution in [-0.4, -0.2) is 34.2 Å². The number of ether oxygens (including phenoxy) is 2. The van der Waals surface area contributed by atoms with Crippen molar-refractivity contribution in [2.75, 3.05) is 18.0 Å². The van der Waals surface area contributed by atoms with Crippen LogP contribution >= 0.6 is 0 Å². The molecule has 0 aliphatic carbocycles. The molecule has 5 aromatic carbocycles. The molecule has 5 rings (SSSR count). The molecule has 0 fully saturated rings. The molecule has 218 valence electrons. The zero-order valence-corrected chi connectivity index (χ0v) is 24.6. The number of methoxy groups -OCH3 is 1. The number of hydrogen-bond donors (Lipinski definition) is 1. The van der Waals surface area contributed by atoms with Crippen LogP contribution in [0.25, 0.3) is 10.8 Å². The summed E-state index contributed by atoms with van der Waals surface area (Å²) in [4.78, 5) is 13.0. The van der Waals surface area contributed by atoms with Crippen molar-refractivity contribution >= 4 is 38.6 Å². The molecular formula is C34H31N3O5S. The van der Waals surface area contributed by atoms with Crippen molar-refractivity contribution in [1.82, 2.24) is 5.43 Å². The molecule has 9 heteroatoms. The van der Waals surface area contributed by atoms with Gasteiger partial charge in [0, 0.05) is 0 Å². The minimum Gasteiger partial charge on any atom is -0.495 e. The van der Waals surface area contributed by atoms with Crippen LogP contribution in [0.5, 0.6) is 11.5 Å². The van der Waals surface area contributed by atoms with Crippen LogP contribution in [0, 0.1) is 6.92 Å². The first-order chi connectivity index (χ1) is 20.8. The van der Waals surface area contributed by atoms with Gasteiger partial charge in [-0.25, -0.2) is 13.8 Å². The average molecular weight is 594 g/mol. The minimum absolute atomic E-state index is 0.0534. The number of benzene rings is 5. The zero-order chi connectivity index (χ0) is 30.2. The number of hydrazone groups is 1. The summed E-state index contributed by atoms with van der Waals surface area (Å²) in [7, 11) is -2.64. The minimum atomic E-state index is -4.09. The van der Waals surface area contributed by atoms with Gasteiger partial charge in [0.15, 0.2) is 0 Å². The lowest BCUT2D eigenvalue weighted by Gasteiger charge is -2.25. The lowest BCUT2D eigenvalue weighted by molar-refractivity contribution is -0.119. The fourth-order valence-electron chi connectivity index (χ4n) is 4.59. The van der Waals surface area contributed by atoms with Crippen LogP contribution < -0.4 is 19.2 Å². The molecule has 5 aromatic rings. The number of sulfonamides is 1. The molecule has 0 atom stereocenters. The summed E-state index contributed by atoms with van der Waals surface area (Å²) in [5, 5.41) is 6.36. The summed E-state index contributed by atoms with van der Waals surface area (Å²) < 4.78 is 39.7. The van der Waals surface area contributed by atoms with Crippen LogP contribution in [0.1, 0.15) is 16.7 Å². The Hall–Kier alpha value is -5.15. The largest absolute Gasteiger partial charge is 0.495 e. The van der Waals surface area contributed by atoms with E-state index < -0.39 is 22.5 Å². The first kappa shape index (κ1) is 29.3. The van der Waals surface area contributed by atoms with Gasteiger partial charge in [-0.2, -0.15) is 5.10 Å². The van der Waals surface area contributed by atoms with Crippen LogP contribution in [0.2, 0.25) is 0 Å². The lowest BCUT2D eigenvalue weighted by atomic mass is 10.1. The molecule has 1 N–H and O–H groups in total. The number of nitrogens with one attached hydrogen (secondary N) is 1. The molecule has 0 bridgehead atoms. The van der Waals surface area contributed by atoms with E-state index in [4.69, 9.17) is 9.47 Å². The Bertz CT molecular complexity index is 1850. The maximum absolute atomic E-state index is 13.6. The van der Waals surface area contributed by atoms with Gasteiger partial charge in [0.2, 0.25) is 0 Å². The highest BCUT2D eigenvalue weighted by atomic mass is 32.2. The number of rotatable bonds is 11. The van der Waals surface area contributed by atoms with Crippen LogP contribution in [-0.2, 0) is 21.4 Å². The Morgan fingerprint density at radius 2 is 1.60 bits per heavy atom. The molecule has 0 saturated heterocycles. The van der Waals surface area contributed by atoms with Crippen LogP contribution in [0.4, 0.5) is 5.69 Å². The molecule has 0 heterocycles. The van der Waals surface area contributed by atoms with Crippen LogP contribution in [0.15, 0.2) is 125 Å². The Kier molecular flexibility index (Phi) is 9.02. The van der Waals surface area contributed by atoms with Gasteiger partial charge in [0.1, 0.15) is 24.7 Å². The van der Waals surface area contributed by atoms with E-state index in [0.717, 1.165) is 31.8 Å². The predicted octanol–water partition coefficient (Wildman–Crippen LogP) is 6.08. The van der Waals surface area contributed by atoms with Crippen molar-refractivity contribution in [3.8, 4) is 11.5 Å². The molecule has 0 saturated carbocycles. The number of amides is 1. The second-order valence-electron chi connectivity index (χ2n) is 9.79. The topological polar surface area (TPSA) is 97.3 Å². The molecule has 0 spiro atoms. The molecule has 0 aliphatic heterocycles. The molecule has 0 unspecified atom stereocenters. The van der Waals surface area contributed by atoms with Crippen molar-refractivity contribution in [2.24, 2.45) is 5.10 Å². The number of carbonyl (C=O) groups excluding carboxylic acids is 1. The molecule has 43 heavy (non-hydrogen) atoms. The third-order valence-electron chi connectivity index (χ3n) is 6.78. The van der Waals surface area contributed by atoms with Crippen molar-refractivity contribution in [1.29, 1.82) is 0 Å². The summed E-state index contributed by atoms with van der Waals surface area (Å²) in [6.45, 7) is 1.76. The van der Waals surface area contributed by atoms with Crippen molar-refractivity contribution in [3.05, 3.63) is 132 Å². The lowest BCUT2D eigenvalue weighted by Crippen LogP contribution is -2.39. The van der Waals surface area contributed by atoms with E-state index in [9.17, 15) is 13.2 Å². The van der Waals surface area contributed by atoms with E-state index in [1.54, 1.807) is 36.4 Å². The SMILES string of the molecule is COc1ccc(C)cc1N(CC(=O)N/N=C\c1ccc(OCc2cccc3ccccc23)cc1)S(=O)(=O)c1ccccc1. The highest BCUT2D eigenvalue weighted by molar-refractivity contribution is 7.92. The monoisotopic (exact) mass is 593 g/mol. The summed E-state index contributed by atoms with van der Waals surface area (Å²) >= 11 is 0. The summed E-state index contributed by atoms with van der Waals surface area (Å²) in [6.07, 6.45) is 1.48. The maximum atomic E-state index is 13.6. The van der Waals surface area contributed by atoms with Gasteiger partial charge in [-0.1, -0.05) is 66.7 Å². The maximum Gasteiger partial charge on any atom is 0.264 e. The van der Waals surface area contributed by atoms with Crippen LogP contribution in [0.3, 0.4) is 0 Å². The summed E-state index contributed by atoms with van der Waals surface area (Å²) in [5.41, 5.74) is 5.33. The standard InChI is InChI=1S/C34H31N3O5S/c1-25-15-20-33(41-2)32(21-25)37(43(39,40)30-12-4-3-5-13-30)23-34(38)36-35-22-26-16-18-29(19-17-26)42-24-28-11-8-10-27-9-6-7-14-31(27)28/h3-22H,23-24H2,1-2H3,(H,36,38)/b35-22-. The summed E-state index contributed by atoms with van der Waals surface area (Å²) in [6, 6.07) is 34.7. The molecule has 1 amide bonds. The van der Waals surface area contributed by atoms with E-state index >= 15 is 0 Å². The van der Waals surface area contributed by atoms with Gasteiger partial charge < -0.3 is 9.47 Å². The van der Waals surface area contributed by atoms with E-state index in [-0.39, 0.29) is 10.6 Å². The predicted molar refractivity (Wildman–Crippen MR) is 169 cm³/mol. The fraction of sp³-hybridized carbons (Fsp3) is 0.118. The smallest absolute Gasteiger partial charge is 0.264 e. The normalized spacial score (nSPS) is 11.4. The highest BCUT2D eigenvalue weighted by Crippen LogP contribution is 2.33. The zero-order valence-electron chi connectivity index (χ0n) is 23.8. The van der Waals surface area contributed by atoms with E-state index in [1.165, 1.54) is 25.5 Å². The third-order valence-corrected chi connectivity index (χ3v) is 8.55. The Morgan fingerprint density at radius 1 is 0.884 bits per heavy atom. The fourth-order valence-corrected chi connectivity index (χ4v) is 6.03. The Balaban J connectivity index is 1.25. The summed E-state index contributed by atoms with van der Waals surface area (Å²) in [5.74, 6) is 0.404. The van der Waals surface area contributed by atoms with Gasteiger partial charge in [0.05, 0.1) is 23.9 Å². The van der Waals surface area contributed by atoms with Gasteiger partial charge in [-0.3, -0.25) is 9.10 Å². The molecule has 8 nitrogen and oxygen atoms in total. The highest BCUT2D eigenvalue weighted by Gasteiger charge is 2.29. The number of carbonyl (C=O) groups is 1. The van der Waals surface area contributed by atoms with Crippen molar-refractivity contribution in [3.63, 3.8) is 0 Å². The molecular weight excluding hydrogens is 562 g/mol. The Morgan fingerprint density at radius 3 is 2.37 bits per heavy atom. The van der Waals surface area contributed by atoms with E-state index in [2.05, 4.69) is 28.7 Å².